The lowest BCUT2D eigenvalue weighted by Gasteiger charge is -2.10. The van der Waals surface area contributed by atoms with Crippen LogP contribution >= 0.6 is 11.8 Å². The number of hydrogen-bond donors (Lipinski definition) is 1. The highest BCUT2D eigenvalue weighted by Crippen LogP contribution is 2.29. The van der Waals surface area contributed by atoms with Crippen molar-refractivity contribution in [2.75, 3.05) is 5.32 Å². The highest BCUT2D eigenvalue weighted by Gasteiger charge is 2.15. The number of aryl methyl sites for hydroxylation is 3. The Bertz CT molecular complexity index is 1140. The van der Waals surface area contributed by atoms with Crippen LogP contribution in [0.2, 0.25) is 0 Å². The molecule has 0 saturated heterocycles. The topological polar surface area (TPSA) is 81.2 Å². The first-order valence-electron chi connectivity index (χ1n) is 8.83. The number of hydrogen-bond acceptors (Lipinski definition) is 6. The summed E-state index contributed by atoms with van der Waals surface area (Å²) in [5.74, 6) is 1.93. The molecule has 0 aliphatic carbocycles. The SMILES string of the molecule is Cc1nc2cc(NC(=O)c3ccccc3SCc3c(C)noc3C)ccc2o1. The number of carbonyl (C=O) groups is 1. The van der Waals surface area contributed by atoms with E-state index in [1.807, 2.05) is 56.3 Å². The van der Waals surface area contributed by atoms with Crippen molar-refractivity contribution in [1.29, 1.82) is 0 Å². The van der Waals surface area contributed by atoms with E-state index in [1.54, 1.807) is 18.7 Å². The molecule has 0 saturated carbocycles. The molecule has 7 heteroatoms. The third-order valence-corrected chi connectivity index (χ3v) is 5.54. The molecule has 142 valence electrons. The zero-order valence-electron chi connectivity index (χ0n) is 15.8. The molecule has 28 heavy (non-hydrogen) atoms. The summed E-state index contributed by atoms with van der Waals surface area (Å²) in [7, 11) is 0. The summed E-state index contributed by atoms with van der Waals surface area (Å²) >= 11 is 1.59. The zero-order chi connectivity index (χ0) is 19.7. The summed E-state index contributed by atoms with van der Waals surface area (Å²) in [5, 5.41) is 6.94. The average molecular weight is 393 g/mol. The monoisotopic (exact) mass is 393 g/mol. The molecule has 0 atom stereocenters. The van der Waals surface area contributed by atoms with Crippen molar-refractivity contribution in [3.05, 3.63) is 70.9 Å². The molecule has 0 spiro atoms. The van der Waals surface area contributed by atoms with Gasteiger partial charge < -0.3 is 14.3 Å². The van der Waals surface area contributed by atoms with E-state index in [9.17, 15) is 4.79 Å². The number of nitrogens with one attached hydrogen (secondary N) is 1. The third kappa shape index (κ3) is 3.66. The van der Waals surface area contributed by atoms with Gasteiger partial charge in [0.05, 0.1) is 11.3 Å². The summed E-state index contributed by atoms with van der Waals surface area (Å²) in [5.41, 5.74) is 4.66. The van der Waals surface area contributed by atoms with Gasteiger partial charge in [-0.2, -0.15) is 0 Å². The van der Waals surface area contributed by atoms with Crippen LogP contribution in [0.1, 0.15) is 33.3 Å². The van der Waals surface area contributed by atoms with E-state index in [0.29, 0.717) is 28.5 Å². The first-order chi connectivity index (χ1) is 13.5. The molecule has 0 radical (unpaired) electrons. The second kappa shape index (κ2) is 7.52. The van der Waals surface area contributed by atoms with Crippen molar-refractivity contribution in [3.8, 4) is 0 Å². The molecule has 6 nitrogen and oxygen atoms in total. The van der Waals surface area contributed by atoms with Gasteiger partial charge >= 0.3 is 0 Å². The summed E-state index contributed by atoms with van der Waals surface area (Å²) in [4.78, 5) is 18.1. The van der Waals surface area contributed by atoms with E-state index in [-0.39, 0.29) is 5.91 Å². The quantitative estimate of drug-likeness (QED) is 0.464. The van der Waals surface area contributed by atoms with Crippen LogP contribution in [0.5, 0.6) is 0 Å². The van der Waals surface area contributed by atoms with Gasteiger partial charge in [-0.15, -0.1) is 11.8 Å². The fourth-order valence-electron chi connectivity index (χ4n) is 2.96. The third-order valence-electron chi connectivity index (χ3n) is 4.44. The second-order valence-corrected chi connectivity index (χ2v) is 7.47. The Labute approximate surface area is 166 Å². The van der Waals surface area contributed by atoms with Gasteiger partial charge in [-0.3, -0.25) is 4.79 Å². The number of carbonyl (C=O) groups excluding carboxylic acids is 1. The molecule has 0 aliphatic heterocycles. The summed E-state index contributed by atoms with van der Waals surface area (Å²) in [6.07, 6.45) is 0. The summed E-state index contributed by atoms with van der Waals surface area (Å²) < 4.78 is 10.7. The number of fused-ring (bicyclic) bond motifs is 1. The van der Waals surface area contributed by atoms with Crippen LogP contribution in [0.4, 0.5) is 5.69 Å². The molecule has 4 rings (SSSR count). The molecular formula is C21H19N3O3S. The predicted molar refractivity (Wildman–Crippen MR) is 109 cm³/mol. The summed E-state index contributed by atoms with van der Waals surface area (Å²) in [6, 6.07) is 13.0. The Morgan fingerprint density at radius 3 is 2.75 bits per heavy atom. The molecule has 4 aromatic rings. The van der Waals surface area contributed by atoms with Gasteiger partial charge in [-0.05, 0) is 44.2 Å². The lowest BCUT2D eigenvalue weighted by Crippen LogP contribution is -2.13. The highest BCUT2D eigenvalue weighted by atomic mass is 32.2. The molecule has 2 aromatic heterocycles. The van der Waals surface area contributed by atoms with Crippen LogP contribution in [-0.4, -0.2) is 16.0 Å². The van der Waals surface area contributed by atoms with E-state index in [4.69, 9.17) is 8.94 Å². The minimum absolute atomic E-state index is 0.165. The van der Waals surface area contributed by atoms with Crippen LogP contribution < -0.4 is 5.32 Å². The smallest absolute Gasteiger partial charge is 0.256 e. The predicted octanol–water partition coefficient (Wildman–Crippen LogP) is 5.29. The van der Waals surface area contributed by atoms with Crippen LogP contribution in [0.25, 0.3) is 11.1 Å². The molecule has 0 aliphatic rings. The van der Waals surface area contributed by atoms with E-state index in [1.165, 1.54) is 0 Å². The van der Waals surface area contributed by atoms with Gasteiger partial charge in [-0.1, -0.05) is 17.3 Å². The molecule has 2 aromatic carbocycles. The highest BCUT2D eigenvalue weighted by molar-refractivity contribution is 7.98. The maximum Gasteiger partial charge on any atom is 0.256 e. The van der Waals surface area contributed by atoms with E-state index in [2.05, 4.69) is 15.5 Å². The number of anilines is 1. The second-order valence-electron chi connectivity index (χ2n) is 6.46. The molecule has 0 fully saturated rings. The summed E-state index contributed by atoms with van der Waals surface area (Å²) in [6.45, 7) is 5.62. The van der Waals surface area contributed by atoms with Crippen molar-refractivity contribution in [2.45, 2.75) is 31.4 Å². The largest absolute Gasteiger partial charge is 0.441 e. The fourth-order valence-corrected chi connectivity index (χ4v) is 4.16. The van der Waals surface area contributed by atoms with Crippen molar-refractivity contribution in [2.24, 2.45) is 0 Å². The average Bonchev–Trinajstić information content (AvgIpc) is 3.20. The number of thioether (sulfide) groups is 1. The number of benzene rings is 2. The Balaban J connectivity index is 1.53. The molecule has 0 unspecified atom stereocenters. The number of oxazole rings is 1. The maximum atomic E-state index is 12.9. The molecule has 1 N–H and O–H groups in total. The Hall–Kier alpha value is -3.06. The first-order valence-corrected chi connectivity index (χ1v) is 9.82. The van der Waals surface area contributed by atoms with Gasteiger partial charge in [-0.25, -0.2) is 4.98 Å². The number of nitrogens with zero attached hydrogens (tertiary/aromatic N) is 2. The van der Waals surface area contributed by atoms with Crippen LogP contribution in [0, 0.1) is 20.8 Å². The Morgan fingerprint density at radius 2 is 1.96 bits per heavy atom. The molecule has 0 bridgehead atoms. The van der Waals surface area contributed by atoms with Crippen molar-refractivity contribution < 1.29 is 13.7 Å². The van der Waals surface area contributed by atoms with Crippen molar-refractivity contribution >= 4 is 34.5 Å². The Kier molecular flexibility index (Phi) is 4.92. The van der Waals surface area contributed by atoms with Crippen LogP contribution in [-0.2, 0) is 5.75 Å². The van der Waals surface area contributed by atoms with Crippen molar-refractivity contribution in [3.63, 3.8) is 0 Å². The first kappa shape index (κ1) is 18.3. The Morgan fingerprint density at radius 1 is 1.14 bits per heavy atom. The van der Waals surface area contributed by atoms with Crippen molar-refractivity contribution in [1.82, 2.24) is 10.1 Å². The minimum Gasteiger partial charge on any atom is -0.441 e. The minimum atomic E-state index is -0.165. The standard InChI is InChI=1S/C21H19N3O3S/c1-12-17(13(2)27-24-12)11-28-20-7-5-4-6-16(20)21(25)23-15-8-9-19-18(10-15)22-14(3)26-19/h4-10H,11H2,1-3H3,(H,23,25). The van der Waals surface area contributed by atoms with Gasteiger partial charge in [0.1, 0.15) is 11.3 Å². The lowest BCUT2D eigenvalue weighted by molar-refractivity contribution is 0.102. The van der Waals surface area contributed by atoms with Crippen LogP contribution in [0.15, 0.2) is 56.3 Å². The van der Waals surface area contributed by atoms with E-state index in [0.717, 1.165) is 27.4 Å². The fraction of sp³-hybridized carbons (Fsp3) is 0.190. The van der Waals surface area contributed by atoms with E-state index < -0.39 is 0 Å². The van der Waals surface area contributed by atoms with E-state index >= 15 is 0 Å². The molecule has 1 amide bonds. The number of rotatable bonds is 5. The maximum absolute atomic E-state index is 12.9. The molecular weight excluding hydrogens is 374 g/mol. The number of amides is 1. The molecule has 2 heterocycles. The lowest BCUT2D eigenvalue weighted by atomic mass is 10.2. The number of aromatic nitrogens is 2. The normalized spacial score (nSPS) is 11.1. The zero-order valence-corrected chi connectivity index (χ0v) is 16.6. The van der Waals surface area contributed by atoms with Crippen LogP contribution in [0.3, 0.4) is 0 Å². The van der Waals surface area contributed by atoms with Gasteiger partial charge in [0.15, 0.2) is 11.5 Å². The van der Waals surface area contributed by atoms with Gasteiger partial charge in [0, 0.05) is 28.8 Å². The van der Waals surface area contributed by atoms with Gasteiger partial charge in [0.2, 0.25) is 0 Å². The van der Waals surface area contributed by atoms with Gasteiger partial charge in [0.25, 0.3) is 5.91 Å².